The van der Waals surface area contributed by atoms with Crippen molar-refractivity contribution < 1.29 is 28.5 Å². The Morgan fingerprint density at radius 3 is 2.22 bits per heavy atom. The summed E-state index contributed by atoms with van der Waals surface area (Å²) in [7, 11) is 1.64. The molecule has 1 heterocycles. The van der Waals surface area contributed by atoms with Crippen LogP contribution in [-0.4, -0.2) is 32.1 Å². The molecule has 1 aliphatic heterocycles. The fraction of sp³-hybridized carbons (Fsp3) is 0.231. The number of allylic oxidation sites excluding steroid dienone is 3. The number of para-hydroxylation sites is 2. The van der Waals surface area contributed by atoms with Gasteiger partial charge >= 0.3 is 5.97 Å². The highest BCUT2D eigenvalue weighted by Crippen LogP contribution is 2.48. The molecule has 4 aromatic rings. The van der Waals surface area contributed by atoms with Gasteiger partial charge in [-0.15, -0.1) is 0 Å². The van der Waals surface area contributed by atoms with Gasteiger partial charge in [-0.3, -0.25) is 4.79 Å². The van der Waals surface area contributed by atoms with Gasteiger partial charge in [0.25, 0.3) is 0 Å². The van der Waals surface area contributed by atoms with Crippen molar-refractivity contribution in [3.05, 3.63) is 148 Å². The quantitative estimate of drug-likeness (QED) is 0.141. The number of rotatable bonds is 11. The van der Waals surface area contributed by atoms with Crippen LogP contribution in [0.2, 0.25) is 0 Å². The Labute approximate surface area is 269 Å². The Bertz CT molecular complexity index is 1740. The SMILES string of the molecule is COc1ccc([C@H]2CC(=O)C3=C(C2)NC(C)=C(C(=O)OCCOc2ccccc2)[C@H]3c2ccccc2OCc2ccccc2)cc1. The summed E-state index contributed by atoms with van der Waals surface area (Å²) in [5.41, 5.74) is 5.28. The third-order valence-corrected chi connectivity index (χ3v) is 8.43. The first kappa shape index (κ1) is 30.7. The van der Waals surface area contributed by atoms with E-state index in [1.54, 1.807) is 7.11 Å². The number of hydrogen-bond acceptors (Lipinski definition) is 7. The topological polar surface area (TPSA) is 83.1 Å². The summed E-state index contributed by atoms with van der Waals surface area (Å²) in [4.78, 5) is 28.0. The van der Waals surface area contributed by atoms with E-state index in [9.17, 15) is 9.59 Å². The molecule has 234 valence electrons. The first-order valence-corrected chi connectivity index (χ1v) is 15.5. The summed E-state index contributed by atoms with van der Waals surface area (Å²) in [6.45, 7) is 2.47. The smallest absolute Gasteiger partial charge is 0.336 e. The number of ketones is 1. The molecule has 7 heteroatoms. The summed E-state index contributed by atoms with van der Waals surface area (Å²) in [5.74, 6) is 0.903. The number of dihydropyridines is 1. The zero-order chi connectivity index (χ0) is 31.9. The molecule has 0 saturated carbocycles. The van der Waals surface area contributed by atoms with Gasteiger partial charge in [0.2, 0.25) is 0 Å². The Morgan fingerprint density at radius 2 is 1.48 bits per heavy atom. The van der Waals surface area contributed by atoms with Gasteiger partial charge in [-0.05, 0) is 60.7 Å². The molecule has 4 aromatic carbocycles. The number of carbonyl (C=O) groups excluding carboxylic acids is 2. The maximum Gasteiger partial charge on any atom is 0.336 e. The Balaban J connectivity index is 1.31. The first-order valence-electron chi connectivity index (χ1n) is 15.5. The molecule has 0 aromatic heterocycles. The average Bonchev–Trinajstić information content (AvgIpc) is 3.09. The molecule has 1 N–H and O–H groups in total. The third kappa shape index (κ3) is 6.84. The van der Waals surface area contributed by atoms with Crippen LogP contribution < -0.4 is 19.5 Å². The van der Waals surface area contributed by atoms with E-state index in [4.69, 9.17) is 18.9 Å². The highest BCUT2D eigenvalue weighted by molar-refractivity contribution is 6.04. The molecule has 0 spiro atoms. The molecule has 46 heavy (non-hydrogen) atoms. The van der Waals surface area contributed by atoms with Crippen molar-refractivity contribution in [1.82, 2.24) is 5.32 Å². The predicted octanol–water partition coefficient (Wildman–Crippen LogP) is 7.26. The van der Waals surface area contributed by atoms with Gasteiger partial charge in [0, 0.05) is 29.0 Å². The number of Topliss-reactive ketones (excluding diaryl/α,β-unsaturated/α-hetero) is 1. The Hall–Kier alpha value is -5.30. The van der Waals surface area contributed by atoms with Gasteiger partial charge in [0.1, 0.15) is 37.1 Å². The fourth-order valence-corrected chi connectivity index (χ4v) is 6.21. The zero-order valence-electron chi connectivity index (χ0n) is 26.0. The summed E-state index contributed by atoms with van der Waals surface area (Å²) < 4.78 is 23.2. The summed E-state index contributed by atoms with van der Waals surface area (Å²) >= 11 is 0. The van der Waals surface area contributed by atoms with Crippen molar-refractivity contribution in [2.24, 2.45) is 0 Å². The number of nitrogens with one attached hydrogen (secondary N) is 1. The molecular formula is C39H37NO6. The van der Waals surface area contributed by atoms with Gasteiger partial charge in [-0.1, -0.05) is 78.9 Å². The lowest BCUT2D eigenvalue weighted by Gasteiger charge is -2.37. The van der Waals surface area contributed by atoms with Crippen molar-refractivity contribution in [2.45, 2.75) is 38.2 Å². The largest absolute Gasteiger partial charge is 0.497 e. The number of esters is 1. The van der Waals surface area contributed by atoms with E-state index in [2.05, 4.69) is 5.32 Å². The molecule has 1 aliphatic carbocycles. The molecule has 0 saturated heterocycles. The minimum atomic E-state index is -0.657. The van der Waals surface area contributed by atoms with Gasteiger partial charge in [0.05, 0.1) is 18.6 Å². The lowest BCUT2D eigenvalue weighted by molar-refractivity contribution is -0.140. The maximum absolute atomic E-state index is 14.1. The van der Waals surface area contributed by atoms with Gasteiger partial charge < -0.3 is 24.3 Å². The molecule has 7 nitrogen and oxygen atoms in total. The molecule has 0 bridgehead atoms. The lowest BCUT2D eigenvalue weighted by Crippen LogP contribution is -2.36. The zero-order valence-corrected chi connectivity index (χ0v) is 26.0. The number of benzene rings is 4. The van der Waals surface area contributed by atoms with Crippen LogP contribution in [0.15, 0.2) is 132 Å². The summed E-state index contributed by atoms with van der Waals surface area (Å²) in [6.07, 6.45) is 0.949. The van der Waals surface area contributed by atoms with Crippen LogP contribution >= 0.6 is 0 Å². The molecule has 0 unspecified atom stereocenters. The van der Waals surface area contributed by atoms with Crippen LogP contribution in [0, 0.1) is 0 Å². The normalized spacial score (nSPS) is 17.6. The molecule has 6 rings (SSSR count). The van der Waals surface area contributed by atoms with Crippen LogP contribution in [-0.2, 0) is 20.9 Å². The third-order valence-electron chi connectivity index (χ3n) is 8.43. The van der Waals surface area contributed by atoms with E-state index < -0.39 is 11.9 Å². The van der Waals surface area contributed by atoms with E-state index in [0.717, 1.165) is 28.1 Å². The predicted molar refractivity (Wildman–Crippen MR) is 176 cm³/mol. The lowest BCUT2D eigenvalue weighted by atomic mass is 9.71. The Kier molecular flexibility index (Phi) is 9.48. The first-order chi connectivity index (χ1) is 22.5. The van der Waals surface area contributed by atoms with Crippen molar-refractivity contribution in [3.8, 4) is 17.2 Å². The van der Waals surface area contributed by atoms with Crippen LogP contribution in [0.25, 0.3) is 0 Å². The fourth-order valence-electron chi connectivity index (χ4n) is 6.21. The van der Waals surface area contributed by atoms with E-state index >= 15 is 0 Å². The molecule has 0 amide bonds. The minimum absolute atomic E-state index is 0.00804. The molecule has 2 atom stereocenters. The van der Waals surface area contributed by atoms with Gasteiger partial charge in [-0.2, -0.15) is 0 Å². The standard InChI is InChI=1S/C39H37NO6/c1-26-36(39(42)45-22-21-44-31-13-7-4-8-14-31)37(32-15-9-10-16-35(32)46-25-27-11-5-3-6-12-27)38-33(40-26)23-29(24-34(38)41)28-17-19-30(43-2)20-18-28/h3-20,29,37,40H,21-25H2,1-2H3/t29-,37-/m1/s1. The van der Waals surface area contributed by atoms with Crippen LogP contribution in [0.4, 0.5) is 0 Å². The van der Waals surface area contributed by atoms with Crippen molar-refractivity contribution >= 4 is 11.8 Å². The summed E-state index contributed by atoms with van der Waals surface area (Å²) in [5, 5.41) is 3.44. The van der Waals surface area contributed by atoms with Crippen LogP contribution in [0.5, 0.6) is 17.2 Å². The second-order valence-corrected chi connectivity index (χ2v) is 11.4. The van der Waals surface area contributed by atoms with Gasteiger partial charge in [-0.25, -0.2) is 4.79 Å². The second kappa shape index (κ2) is 14.2. The molecule has 0 fully saturated rings. The maximum atomic E-state index is 14.1. The highest BCUT2D eigenvalue weighted by atomic mass is 16.6. The number of methoxy groups -OCH3 is 1. The average molecular weight is 616 g/mol. The van der Waals surface area contributed by atoms with Gasteiger partial charge in [0.15, 0.2) is 5.78 Å². The van der Waals surface area contributed by atoms with Crippen molar-refractivity contribution in [3.63, 3.8) is 0 Å². The van der Waals surface area contributed by atoms with E-state index in [0.29, 0.717) is 47.8 Å². The van der Waals surface area contributed by atoms with E-state index in [1.807, 2.05) is 116 Å². The molecular weight excluding hydrogens is 578 g/mol. The highest BCUT2D eigenvalue weighted by Gasteiger charge is 2.42. The molecule has 0 radical (unpaired) electrons. The number of carbonyl (C=O) groups is 2. The Morgan fingerprint density at radius 1 is 0.783 bits per heavy atom. The minimum Gasteiger partial charge on any atom is -0.497 e. The monoisotopic (exact) mass is 615 g/mol. The van der Waals surface area contributed by atoms with E-state index in [-0.39, 0.29) is 24.9 Å². The van der Waals surface area contributed by atoms with Crippen LogP contribution in [0.3, 0.4) is 0 Å². The summed E-state index contributed by atoms with van der Waals surface area (Å²) in [6, 6.07) is 34.8. The van der Waals surface area contributed by atoms with Crippen molar-refractivity contribution in [2.75, 3.05) is 20.3 Å². The second-order valence-electron chi connectivity index (χ2n) is 11.4. The van der Waals surface area contributed by atoms with Crippen molar-refractivity contribution in [1.29, 1.82) is 0 Å². The number of ether oxygens (including phenoxy) is 4. The van der Waals surface area contributed by atoms with Crippen LogP contribution in [0.1, 0.15) is 48.3 Å². The van der Waals surface area contributed by atoms with E-state index in [1.165, 1.54) is 0 Å². The molecule has 2 aliphatic rings. The number of hydrogen-bond donors (Lipinski definition) is 1.